The quantitative estimate of drug-likeness (QED) is 0.207. The standard InChI is InChI=1S/C33H44O15/c1-15(2)11-24(39)48-27-25(44-18(5)36)28(45-19(6)37)32(14-42-32)26-29(46-20(7)38)33(41)16(3)30(40)47-23(33)12-21(13-34)9-10-22(31(26,27)8)43-17(4)35/h9-10,12,15-16,22-23,25-29,34,41H,11,13-14H2,1-8H3. The van der Waals surface area contributed by atoms with E-state index in [1.54, 1.807) is 13.8 Å². The van der Waals surface area contributed by atoms with E-state index in [-0.39, 0.29) is 24.5 Å². The normalized spacial score (nSPS) is 38.5. The van der Waals surface area contributed by atoms with Gasteiger partial charge in [-0.1, -0.05) is 26.8 Å². The van der Waals surface area contributed by atoms with Gasteiger partial charge >= 0.3 is 35.8 Å². The summed E-state index contributed by atoms with van der Waals surface area (Å²) in [4.78, 5) is 77.6. The molecule has 0 aromatic carbocycles. The van der Waals surface area contributed by atoms with Crippen LogP contribution in [0.15, 0.2) is 23.8 Å². The van der Waals surface area contributed by atoms with Gasteiger partial charge < -0.3 is 43.4 Å². The summed E-state index contributed by atoms with van der Waals surface area (Å²) in [6.45, 7) is 9.98. The molecular weight excluding hydrogens is 636 g/mol. The van der Waals surface area contributed by atoms with Gasteiger partial charge in [-0.15, -0.1) is 0 Å². The van der Waals surface area contributed by atoms with Crippen LogP contribution in [0, 0.1) is 23.2 Å². The smallest absolute Gasteiger partial charge is 0.312 e. The Kier molecular flexibility index (Phi) is 10.5. The third-order valence-corrected chi connectivity index (χ3v) is 9.53. The van der Waals surface area contributed by atoms with Gasteiger partial charge in [0.15, 0.2) is 30.0 Å². The van der Waals surface area contributed by atoms with Crippen LogP contribution in [0.4, 0.5) is 0 Å². The summed E-state index contributed by atoms with van der Waals surface area (Å²) in [5, 5.41) is 23.0. The van der Waals surface area contributed by atoms with Gasteiger partial charge in [0.1, 0.15) is 17.8 Å². The molecule has 15 heteroatoms. The van der Waals surface area contributed by atoms with Gasteiger partial charge in [0.2, 0.25) is 0 Å². The zero-order valence-electron chi connectivity index (χ0n) is 28.3. The average molecular weight is 681 g/mol. The second kappa shape index (κ2) is 13.6. The monoisotopic (exact) mass is 680 g/mol. The van der Waals surface area contributed by atoms with Crippen molar-refractivity contribution < 1.29 is 72.1 Å². The van der Waals surface area contributed by atoms with Crippen molar-refractivity contribution in [1.29, 1.82) is 0 Å². The first-order valence-corrected chi connectivity index (χ1v) is 15.8. The zero-order valence-corrected chi connectivity index (χ0v) is 28.3. The highest BCUT2D eigenvalue weighted by Gasteiger charge is 2.81. The summed E-state index contributed by atoms with van der Waals surface area (Å²) < 4.78 is 41.1. The number of fused-ring (bicyclic) bond motifs is 3. The lowest BCUT2D eigenvalue weighted by molar-refractivity contribution is -0.279. The van der Waals surface area contributed by atoms with E-state index in [9.17, 15) is 39.0 Å². The molecular formula is C33H44O15. The molecule has 3 fully saturated rings. The van der Waals surface area contributed by atoms with Crippen molar-refractivity contribution in [3.8, 4) is 0 Å². The Morgan fingerprint density at radius 3 is 1.98 bits per heavy atom. The molecule has 1 spiro atoms. The topological polar surface area (TPSA) is 211 Å². The first-order chi connectivity index (χ1) is 22.3. The number of esters is 6. The van der Waals surface area contributed by atoms with E-state index < -0.39 is 107 Å². The maximum Gasteiger partial charge on any atom is 0.312 e. The molecule has 2 N–H and O–H groups in total. The minimum atomic E-state index is -2.39. The van der Waals surface area contributed by atoms with E-state index in [0.29, 0.717) is 0 Å². The summed E-state index contributed by atoms with van der Waals surface area (Å²) in [5.74, 6) is -7.97. The fraction of sp³-hybridized carbons (Fsp3) is 0.697. The molecule has 0 radical (unpaired) electrons. The number of carbonyl (C=O) groups is 6. The van der Waals surface area contributed by atoms with E-state index in [1.165, 1.54) is 32.1 Å². The lowest BCUT2D eigenvalue weighted by Crippen LogP contribution is -2.76. The maximum atomic E-state index is 13.5. The van der Waals surface area contributed by atoms with Crippen molar-refractivity contribution in [3.63, 3.8) is 0 Å². The molecule has 4 rings (SSSR count). The Balaban J connectivity index is 2.16. The van der Waals surface area contributed by atoms with Crippen LogP contribution in [0.2, 0.25) is 0 Å². The Morgan fingerprint density at radius 2 is 1.48 bits per heavy atom. The molecule has 11 unspecified atom stereocenters. The first-order valence-electron chi connectivity index (χ1n) is 15.8. The van der Waals surface area contributed by atoms with Crippen molar-refractivity contribution in [2.45, 2.75) is 110 Å². The maximum absolute atomic E-state index is 13.5. The summed E-state index contributed by atoms with van der Waals surface area (Å²) in [6.07, 6.45) is -5.47. The minimum absolute atomic E-state index is 0.103. The third kappa shape index (κ3) is 6.59. The second-order valence-corrected chi connectivity index (χ2v) is 13.5. The van der Waals surface area contributed by atoms with Gasteiger partial charge in [-0.3, -0.25) is 28.8 Å². The predicted octanol–water partition coefficient (Wildman–Crippen LogP) is 0.857. The minimum Gasteiger partial charge on any atom is -0.459 e. The number of carbonyl (C=O) groups excluding carboxylic acids is 6. The number of hydrogen-bond acceptors (Lipinski definition) is 15. The lowest BCUT2D eigenvalue weighted by Gasteiger charge is -2.59. The molecule has 2 aliphatic carbocycles. The van der Waals surface area contributed by atoms with Crippen LogP contribution in [0.1, 0.15) is 61.8 Å². The molecule has 11 atom stereocenters. The van der Waals surface area contributed by atoms with Crippen molar-refractivity contribution >= 4 is 35.8 Å². The largest absolute Gasteiger partial charge is 0.459 e. The number of aliphatic hydroxyl groups is 2. The molecule has 0 aromatic rings. The Labute approximate surface area is 277 Å². The van der Waals surface area contributed by atoms with Gasteiger partial charge in [0, 0.05) is 40.0 Å². The molecule has 0 aromatic heterocycles. The van der Waals surface area contributed by atoms with Crippen molar-refractivity contribution in [2.24, 2.45) is 23.2 Å². The van der Waals surface area contributed by atoms with E-state index in [2.05, 4.69) is 0 Å². The lowest BCUT2D eigenvalue weighted by atomic mass is 9.51. The SMILES string of the molecule is CC(=O)OC1C(OC(C)=O)C2(CO2)C2C(OC(C)=O)C3(O)C(C=C(CO)C=CC(OC(C)=O)C2(C)C1OC(=O)CC(C)C)OC(=O)C3C. The summed E-state index contributed by atoms with van der Waals surface area (Å²) in [7, 11) is 0. The van der Waals surface area contributed by atoms with Crippen LogP contribution < -0.4 is 0 Å². The Bertz CT molecular complexity index is 1390. The van der Waals surface area contributed by atoms with E-state index >= 15 is 0 Å². The Hall–Kier alpha value is -3.82. The molecule has 0 bridgehead atoms. The molecule has 266 valence electrons. The van der Waals surface area contributed by atoms with Crippen LogP contribution in [-0.2, 0) is 61.9 Å². The number of ether oxygens (including phenoxy) is 7. The average Bonchev–Trinajstić information content (AvgIpc) is 3.71. The number of epoxide rings is 1. The third-order valence-electron chi connectivity index (χ3n) is 9.53. The van der Waals surface area contributed by atoms with E-state index in [1.807, 2.05) is 0 Å². The van der Waals surface area contributed by atoms with Gasteiger partial charge in [-0.25, -0.2) is 0 Å². The van der Waals surface area contributed by atoms with Gasteiger partial charge in [-0.2, -0.15) is 0 Å². The molecule has 2 heterocycles. The van der Waals surface area contributed by atoms with Gasteiger partial charge in [0.25, 0.3) is 0 Å². The van der Waals surface area contributed by atoms with Crippen LogP contribution >= 0.6 is 0 Å². The van der Waals surface area contributed by atoms with Crippen molar-refractivity contribution in [2.75, 3.05) is 13.2 Å². The summed E-state index contributed by atoms with van der Waals surface area (Å²) in [5.41, 5.74) is -5.85. The zero-order chi connectivity index (χ0) is 35.9. The molecule has 48 heavy (non-hydrogen) atoms. The van der Waals surface area contributed by atoms with Gasteiger partial charge in [-0.05, 0) is 30.6 Å². The molecule has 2 saturated heterocycles. The molecule has 4 aliphatic rings. The Morgan fingerprint density at radius 1 is 0.917 bits per heavy atom. The highest BCUT2D eigenvalue weighted by Crippen LogP contribution is 2.63. The summed E-state index contributed by atoms with van der Waals surface area (Å²) in [6, 6.07) is 0. The second-order valence-electron chi connectivity index (χ2n) is 13.5. The van der Waals surface area contributed by atoms with Crippen molar-refractivity contribution in [3.05, 3.63) is 23.8 Å². The fourth-order valence-corrected chi connectivity index (χ4v) is 7.46. The van der Waals surface area contributed by atoms with Crippen molar-refractivity contribution in [1.82, 2.24) is 0 Å². The van der Waals surface area contributed by atoms with Gasteiger partial charge in [0.05, 0.1) is 24.5 Å². The molecule has 1 saturated carbocycles. The first kappa shape index (κ1) is 37.0. The number of aliphatic hydroxyl groups excluding tert-OH is 1. The van der Waals surface area contributed by atoms with Crippen LogP contribution in [0.3, 0.4) is 0 Å². The van der Waals surface area contributed by atoms with E-state index in [4.69, 9.17) is 33.2 Å². The predicted molar refractivity (Wildman–Crippen MR) is 160 cm³/mol. The summed E-state index contributed by atoms with van der Waals surface area (Å²) >= 11 is 0. The molecule has 15 nitrogen and oxygen atoms in total. The highest BCUT2D eigenvalue weighted by atomic mass is 16.7. The van der Waals surface area contributed by atoms with Crippen LogP contribution in [0.25, 0.3) is 0 Å². The highest BCUT2D eigenvalue weighted by molar-refractivity contribution is 5.78. The number of hydrogen-bond donors (Lipinski definition) is 2. The molecule has 2 aliphatic heterocycles. The van der Waals surface area contributed by atoms with Crippen LogP contribution in [-0.4, -0.2) is 107 Å². The van der Waals surface area contributed by atoms with Crippen LogP contribution in [0.5, 0.6) is 0 Å². The fourth-order valence-electron chi connectivity index (χ4n) is 7.46. The van der Waals surface area contributed by atoms with E-state index in [0.717, 1.165) is 27.7 Å². The molecule has 0 amide bonds. The number of rotatable bonds is 8.